The van der Waals surface area contributed by atoms with E-state index in [0.717, 1.165) is 12.0 Å². The van der Waals surface area contributed by atoms with Gasteiger partial charge in [-0.3, -0.25) is 0 Å². The SMILES string of the molecule is CCC(C)C(O)CS(=O)(=O)c1ccc(C(C)(C)C)cc1. The van der Waals surface area contributed by atoms with Gasteiger partial charge in [-0.05, 0) is 29.0 Å². The van der Waals surface area contributed by atoms with E-state index in [9.17, 15) is 13.5 Å². The van der Waals surface area contributed by atoms with Crippen molar-refractivity contribution in [3.8, 4) is 0 Å². The molecule has 0 aliphatic heterocycles. The third kappa shape index (κ3) is 4.32. The van der Waals surface area contributed by atoms with Gasteiger partial charge < -0.3 is 5.11 Å². The summed E-state index contributed by atoms with van der Waals surface area (Å²) in [6.45, 7) is 10.1. The quantitative estimate of drug-likeness (QED) is 0.908. The van der Waals surface area contributed by atoms with Crippen LogP contribution in [-0.4, -0.2) is 25.4 Å². The van der Waals surface area contributed by atoms with Gasteiger partial charge in [0.15, 0.2) is 9.84 Å². The van der Waals surface area contributed by atoms with E-state index in [1.807, 2.05) is 26.0 Å². The first-order valence-corrected chi connectivity index (χ1v) is 8.74. The fraction of sp³-hybridized carbons (Fsp3) is 0.625. The highest BCUT2D eigenvalue weighted by Gasteiger charge is 2.23. The molecule has 0 heterocycles. The molecule has 1 aromatic carbocycles. The maximum Gasteiger partial charge on any atom is 0.180 e. The molecule has 1 N–H and O–H groups in total. The van der Waals surface area contributed by atoms with Crippen molar-refractivity contribution in [1.82, 2.24) is 0 Å². The van der Waals surface area contributed by atoms with Gasteiger partial charge in [0.2, 0.25) is 0 Å². The lowest BCUT2D eigenvalue weighted by Crippen LogP contribution is -2.27. The first-order valence-electron chi connectivity index (χ1n) is 7.09. The van der Waals surface area contributed by atoms with Gasteiger partial charge in [-0.2, -0.15) is 0 Å². The number of rotatable bonds is 5. The van der Waals surface area contributed by atoms with Crippen LogP contribution in [0.2, 0.25) is 0 Å². The number of aliphatic hydroxyl groups excluding tert-OH is 1. The Kier molecular flexibility index (Phi) is 5.39. The molecule has 0 spiro atoms. The molecule has 2 atom stereocenters. The van der Waals surface area contributed by atoms with E-state index in [1.165, 1.54) is 0 Å². The van der Waals surface area contributed by atoms with E-state index in [0.29, 0.717) is 0 Å². The smallest absolute Gasteiger partial charge is 0.180 e. The predicted molar refractivity (Wildman–Crippen MR) is 82.7 cm³/mol. The second-order valence-electron chi connectivity index (χ2n) is 6.51. The molecule has 0 bridgehead atoms. The molecule has 0 aromatic heterocycles. The Morgan fingerprint density at radius 1 is 1.15 bits per heavy atom. The Hall–Kier alpha value is -0.870. The van der Waals surface area contributed by atoms with Gasteiger partial charge in [0.1, 0.15) is 0 Å². The van der Waals surface area contributed by atoms with Gasteiger partial charge in [0.25, 0.3) is 0 Å². The lowest BCUT2D eigenvalue weighted by molar-refractivity contribution is 0.135. The van der Waals surface area contributed by atoms with Crippen molar-refractivity contribution >= 4 is 9.84 Å². The van der Waals surface area contributed by atoms with E-state index < -0.39 is 15.9 Å². The average Bonchev–Trinajstić information content (AvgIpc) is 2.36. The maximum absolute atomic E-state index is 12.3. The number of hydrogen-bond donors (Lipinski definition) is 1. The van der Waals surface area contributed by atoms with Crippen molar-refractivity contribution < 1.29 is 13.5 Å². The van der Waals surface area contributed by atoms with Crippen LogP contribution < -0.4 is 0 Å². The van der Waals surface area contributed by atoms with Crippen LogP contribution in [0.25, 0.3) is 0 Å². The van der Waals surface area contributed by atoms with Crippen LogP contribution in [-0.2, 0) is 15.3 Å². The highest BCUT2D eigenvalue weighted by atomic mass is 32.2. The summed E-state index contributed by atoms with van der Waals surface area (Å²) in [5.41, 5.74) is 1.09. The summed E-state index contributed by atoms with van der Waals surface area (Å²) in [4.78, 5) is 0.285. The van der Waals surface area contributed by atoms with Gasteiger partial charge in [-0.25, -0.2) is 8.42 Å². The maximum atomic E-state index is 12.3. The summed E-state index contributed by atoms with van der Waals surface area (Å²) < 4.78 is 24.5. The Bertz CT molecular complexity index is 524. The number of hydrogen-bond acceptors (Lipinski definition) is 3. The topological polar surface area (TPSA) is 54.4 Å². The van der Waals surface area contributed by atoms with Crippen molar-refractivity contribution in [1.29, 1.82) is 0 Å². The third-order valence-electron chi connectivity index (χ3n) is 3.77. The van der Waals surface area contributed by atoms with Crippen molar-refractivity contribution in [3.05, 3.63) is 29.8 Å². The highest BCUT2D eigenvalue weighted by molar-refractivity contribution is 7.91. The second kappa shape index (κ2) is 6.27. The summed E-state index contributed by atoms with van der Waals surface area (Å²) in [5, 5.41) is 9.92. The van der Waals surface area contributed by atoms with Gasteiger partial charge in [0, 0.05) is 0 Å². The molecular formula is C16H26O3S. The molecule has 114 valence electrons. The third-order valence-corrected chi connectivity index (χ3v) is 5.54. The van der Waals surface area contributed by atoms with E-state index in [-0.39, 0.29) is 22.0 Å². The largest absolute Gasteiger partial charge is 0.392 e. The van der Waals surface area contributed by atoms with Crippen LogP contribution in [0.1, 0.15) is 46.6 Å². The minimum atomic E-state index is -3.43. The van der Waals surface area contributed by atoms with E-state index >= 15 is 0 Å². The predicted octanol–water partition coefficient (Wildman–Crippen LogP) is 3.16. The van der Waals surface area contributed by atoms with Gasteiger partial charge in [-0.1, -0.05) is 53.2 Å². The van der Waals surface area contributed by atoms with Gasteiger partial charge in [0.05, 0.1) is 16.8 Å². The summed E-state index contributed by atoms with van der Waals surface area (Å²) in [5.74, 6) is -0.227. The molecule has 0 saturated heterocycles. The lowest BCUT2D eigenvalue weighted by Gasteiger charge is -2.20. The summed E-state index contributed by atoms with van der Waals surface area (Å²) >= 11 is 0. The van der Waals surface area contributed by atoms with Crippen LogP contribution in [0.4, 0.5) is 0 Å². The molecule has 0 saturated carbocycles. The molecule has 1 aromatic rings. The zero-order chi connectivity index (χ0) is 15.6. The summed E-state index contributed by atoms with van der Waals surface area (Å²) in [7, 11) is -3.43. The van der Waals surface area contributed by atoms with E-state index in [2.05, 4.69) is 20.8 Å². The van der Waals surface area contributed by atoms with Crippen LogP contribution in [0, 0.1) is 5.92 Å². The first-order chi connectivity index (χ1) is 9.08. The standard InChI is InChI=1S/C16H26O3S/c1-6-12(2)15(17)11-20(18,19)14-9-7-13(8-10-14)16(3,4)5/h7-10,12,15,17H,6,11H2,1-5H3. The zero-order valence-electron chi connectivity index (χ0n) is 13.1. The number of aliphatic hydroxyl groups is 1. The van der Waals surface area contributed by atoms with Crippen LogP contribution in [0.5, 0.6) is 0 Å². The second-order valence-corrected chi connectivity index (χ2v) is 8.54. The molecule has 20 heavy (non-hydrogen) atoms. The van der Waals surface area contributed by atoms with Crippen LogP contribution in [0.3, 0.4) is 0 Å². The van der Waals surface area contributed by atoms with Crippen LogP contribution >= 0.6 is 0 Å². The molecule has 0 aliphatic carbocycles. The summed E-state index contributed by atoms with van der Waals surface area (Å²) in [6.07, 6.45) is -0.0492. The molecule has 4 heteroatoms. The van der Waals surface area contributed by atoms with E-state index in [1.54, 1.807) is 12.1 Å². The molecule has 1 rings (SSSR count). The minimum Gasteiger partial charge on any atom is -0.392 e. The van der Waals surface area contributed by atoms with Gasteiger partial charge >= 0.3 is 0 Å². The van der Waals surface area contributed by atoms with Crippen molar-refractivity contribution in [2.75, 3.05) is 5.75 Å². The number of sulfone groups is 1. The van der Waals surface area contributed by atoms with Gasteiger partial charge in [-0.15, -0.1) is 0 Å². The first kappa shape index (κ1) is 17.2. The molecule has 0 radical (unpaired) electrons. The van der Waals surface area contributed by atoms with Crippen molar-refractivity contribution in [2.24, 2.45) is 5.92 Å². The number of benzene rings is 1. The molecule has 3 nitrogen and oxygen atoms in total. The van der Waals surface area contributed by atoms with E-state index in [4.69, 9.17) is 0 Å². The zero-order valence-corrected chi connectivity index (χ0v) is 13.9. The van der Waals surface area contributed by atoms with Crippen molar-refractivity contribution in [2.45, 2.75) is 57.5 Å². The fourth-order valence-corrected chi connectivity index (χ4v) is 3.44. The normalized spacial score (nSPS) is 15.9. The Morgan fingerprint density at radius 3 is 2.05 bits per heavy atom. The van der Waals surface area contributed by atoms with Crippen LogP contribution in [0.15, 0.2) is 29.2 Å². The molecule has 0 aliphatic rings. The monoisotopic (exact) mass is 298 g/mol. The Balaban J connectivity index is 2.94. The summed E-state index contributed by atoms with van der Waals surface area (Å²) in [6, 6.07) is 6.98. The average molecular weight is 298 g/mol. The molecule has 2 unspecified atom stereocenters. The van der Waals surface area contributed by atoms with Crippen molar-refractivity contribution in [3.63, 3.8) is 0 Å². The molecule has 0 amide bonds. The lowest BCUT2D eigenvalue weighted by atomic mass is 9.87. The minimum absolute atomic E-state index is 0.00146. The fourth-order valence-electron chi connectivity index (χ4n) is 1.92. The molecule has 0 fully saturated rings. The Labute approximate surface area is 123 Å². The molecular weight excluding hydrogens is 272 g/mol. The highest BCUT2D eigenvalue weighted by Crippen LogP contribution is 2.24. The Morgan fingerprint density at radius 2 is 1.65 bits per heavy atom.